The van der Waals surface area contributed by atoms with Gasteiger partial charge in [0.1, 0.15) is 13.1 Å². The molecule has 0 amide bonds. The first-order valence-electron chi connectivity index (χ1n) is 13.6. The SMILES string of the molecule is CCCCCCCCCCCCC#Cc1ccc(C[N+]([O-])(CC)Cc2ccc(C(F)(F)F)cc2)cc1. The average Bonchev–Trinajstić information content (AvgIpc) is 2.85. The zero-order valence-electron chi connectivity index (χ0n) is 22.0. The second kappa shape index (κ2) is 15.7. The summed E-state index contributed by atoms with van der Waals surface area (Å²) in [5, 5.41) is 13.3. The Morgan fingerprint density at radius 1 is 0.694 bits per heavy atom. The maximum Gasteiger partial charge on any atom is 0.416 e. The molecule has 1 unspecified atom stereocenters. The zero-order chi connectivity index (χ0) is 26.3. The van der Waals surface area contributed by atoms with Crippen molar-refractivity contribution in [3.05, 3.63) is 76.0 Å². The van der Waals surface area contributed by atoms with Crippen LogP contribution < -0.4 is 0 Å². The van der Waals surface area contributed by atoms with Crippen LogP contribution in [0.25, 0.3) is 0 Å². The van der Waals surface area contributed by atoms with Crippen molar-refractivity contribution >= 4 is 0 Å². The molecule has 2 rings (SSSR count). The van der Waals surface area contributed by atoms with E-state index in [1.807, 2.05) is 31.2 Å². The number of alkyl halides is 3. The van der Waals surface area contributed by atoms with Crippen LogP contribution in [-0.2, 0) is 19.3 Å². The van der Waals surface area contributed by atoms with Crippen LogP contribution in [0.3, 0.4) is 0 Å². The van der Waals surface area contributed by atoms with E-state index in [4.69, 9.17) is 0 Å². The lowest BCUT2D eigenvalue weighted by molar-refractivity contribution is -0.905. The third-order valence-electron chi connectivity index (χ3n) is 6.64. The van der Waals surface area contributed by atoms with E-state index in [0.717, 1.165) is 36.1 Å². The predicted molar refractivity (Wildman–Crippen MR) is 143 cm³/mol. The first kappa shape index (κ1) is 29.9. The molecule has 0 saturated heterocycles. The Kier molecular flexibility index (Phi) is 13.1. The van der Waals surface area contributed by atoms with Gasteiger partial charge < -0.3 is 9.85 Å². The normalized spacial score (nSPS) is 13.2. The van der Waals surface area contributed by atoms with Crippen molar-refractivity contribution in [3.63, 3.8) is 0 Å². The minimum Gasteiger partial charge on any atom is -0.632 e. The number of rotatable bonds is 15. The first-order valence-corrected chi connectivity index (χ1v) is 13.6. The lowest BCUT2D eigenvalue weighted by Crippen LogP contribution is -2.40. The highest BCUT2D eigenvalue weighted by Crippen LogP contribution is 2.29. The summed E-state index contributed by atoms with van der Waals surface area (Å²) < 4.78 is 37.8. The third-order valence-corrected chi connectivity index (χ3v) is 6.64. The number of hydrogen-bond donors (Lipinski definition) is 0. The molecular weight excluding hydrogens is 459 g/mol. The number of benzene rings is 2. The van der Waals surface area contributed by atoms with Crippen LogP contribution in [0.2, 0.25) is 0 Å². The van der Waals surface area contributed by atoms with Crippen LogP contribution >= 0.6 is 0 Å². The van der Waals surface area contributed by atoms with Crippen LogP contribution in [0.1, 0.15) is 107 Å². The molecule has 0 aliphatic rings. The van der Waals surface area contributed by atoms with Gasteiger partial charge in [-0.3, -0.25) is 0 Å². The smallest absolute Gasteiger partial charge is 0.416 e. The van der Waals surface area contributed by atoms with Crippen molar-refractivity contribution in [1.29, 1.82) is 0 Å². The average molecular weight is 502 g/mol. The lowest BCUT2D eigenvalue weighted by atomic mass is 10.1. The monoisotopic (exact) mass is 501 g/mol. The molecule has 0 saturated carbocycles. The Bertz CT molecular complexity index is 926. The lowest BCUT2D eigenvalue weighted by Gasteiger charge is -2.42. The van der Waals surface area contributed by atoms with E-state index in [0.29, 0.717) is 12.1 Å². The van der Waals surface area contributed by atoms with Crippen molar-refractivity contribution in [3.8, 4) is 11.8 Å². The molecule has 0 heterocycles. The summed E-state index contributed by atoms with van der Waals surface area (Å²) in [6.45, 7) is 4.80. The molecule has 0 radical (unpaired) electrons. The highest BCUT2D eigenvalue weighted by molar-refractivity contribution is 5.36. The van der Waals surface area contributed by atoms with E-state index in [-0.39, 0.29) is 13.1 Å². The summed E-state index contributed by atoms with van der Waals surface area (Å²) in [4.78, 5) is 0. The number of hydroxylamine groups is 3. The Hall–Kier alpha value is -2.29. The number of halogens is 3. The molecule has 36 heavy (non-hydrogen) atoms. The van der Waals surface area contributed by atoms with Gasteiger partial charge in [-0.1, -0.05) is 101 Å². The Morgan fingerprint density at radius 2 is 1.17 bits per heavy atom. The van der Waals surface area contributed by atoms with Gasteiger partial charge in [0.05, 0.1) is 12.1 Å². The molecule has 0 bridgehead atoms. The fourth-order valence-corrected chi connectivity index (χ4v) is 4.30. The Balaban J connectivity index is 1.73. The molecule has 2 aromatic carbocycles. The molecule has 0 spiro atoms. The van der Waals surface area contributed by atoms with Crippen molar-refractivity contribution in [2.75, 3.05) is 6.54 Å². The molecule has 5 heteroatoms. The molecule has 0 aliphatic carbocycles. The van der Waals surface area contributed by atoms with Crippen molar-refractivity contribution < 1.29 is 17.8 Å². The van der Waals surface area contributed by atoms with Crippen molar-refractivity contribution in [1.82, 2.24) is 0 Å². The number of nitrogens with zero attached hydrogens (tertiary/aromatic N) is 1. The number of unbranched alkanes of at least 4 members (excludes halogenated alkanes) is 10. The van der Waals surface area contributed by atoms with E-state index < -0.39 is 16.4 Å². The van der Waals surface area contributed by atoms with Crippen molar-refractivity contribution in [2.24, 2.45) is 0 Å². The molecule has 1 atom stereocenters. The summed E-state index contributed by atoms with van der Waals surface area (Å²) in [5.41, 5.74) is 1.75. The number of hydrogen-bond acceptors (Lipinski definition) is 1. The largest absolute Gasteiger partial charge is 0.632 e. The number of quaternary nitrogens is 1. The Labute approximate surface area is 216 Å². The van der Waals surface area contributed by atoms with Gasteiger partial charge in [-0.2, -0.15) is 13.2 Å². The second-order valence-corrected chi connectivity index (χ2v) is 9.82. The van der Waals surface area contributed by atoms with Gasteiger partial charge in [0.15, 0.2) is 0 Å². The van der Waals surface area contributed by atoms with Gasteiger partial charge in [-0.15, -0.1) is 0 Å². The van der Waals surface area contributed by atoms with E-state index in [1.165, 1.54) is 69.9 Å². The van der Waals surface area contributed by atoms with Gasteiger partial charge in [-0.25, -0.2) is 0 Å². The summed E-state index contributed by atoms with van der Waals surface area (Å²) in [5.74, 6) is 6.47. The van der Waals surface area contributed by atoms with Gasteiger partial charge >= 0.3 is 6.18 Å². The quantitative estimate of drug-likeness (QED) is 0.103. The molecule has 2 aromatic rings. The Morgan fingerprint density at radius 3 is 1.64 bits per heavy atom. The summed E-state index contributed by atoms with van der Waals surface area (Å²) in [6, 6.07) is 12.6. The molecule has 2 nitrogen and oxygen atoms in total. The molecule has 0 aliphatic heterocycles. The van der Waals surface area contributed by atoms with Gasteiger partial charge in [0, 0.05) is 23.1 Å². The first-order chi connectivity index (χ1) is 17.3. The van der Waals surface area contributed by atoms with E-state index in [2.05, 4.69) is 18.8 Å². The van der Waals surface area contributed by atoms with Crippen LogP contribution in [0.5, 0.6) is 0 Å². The maximum absolute atomic E-state index is 13.3. The van der Waals surface area contributed by atoms with Gasteiger partial charge in [0.25, 0.3) is 0 Å². The minimum atomic E-state index is -4.37. The van der Waals surface area contributed by atoms with E-state index in [1.54, 1.807) is 0 Å². The van der Waals surface area contributed by atoms with Gasteiger partial charge in [-0.05, 0) is 37.6 Å². The fourth-order valence-electron chi connectivity index (χ4n) is 4.30. The zero-order valence-corrected chi connectivity index (χ0v) is 22.0. The van der Waals surface area contributed by atoms with Crippen molar-refractivity contribution in [2.45, 2.75) is 104 Å². The molecule has 0 N–H and O–H groups in total. The molecule has 0 aromatic heterocycles. The van der Waals surface area contributed by atoms with E-state index >= 15 is 0 Å². The molecule has 0 fully saturated rings. The second-order valence-electron chi connectivity index (χ2n) is 9.82. The van der Waals surface area contributed by atoms with Crippen LogP contribution in [0.15, 0.2) is 48.5 Å². The van der Waals surface area contributed by atoms with Crippen LogP contribution in [0.4, 0.5) is 13.2 Å². The fraction of sp³-hybridized carbons (Fsp3) is 0.548. The van der Waals surface area contributed by atoms with Gasteiger partial charge in [0.2, 0.25) is 0 Å². The van der Waals surface area contributed by atoms with Crippen LogP contribution in [0, 0.1) is 17.0 Å². The maximum atomic E-state index is 13.3. The topological polar surface area (TPSA) is 23.1 Å². The highest BCUT2D eigenvalue weighted by Gasteiger charge is 2.30. The standard InChI is InChI=1S/C31H42F3NO/c1-3-5-6-7-8-9-10-11-12-13-14-15-16-27-17-19-28(20-18-27)25-35(36,4-2)26-29-21-23-30(24-22-29)31(32,33)34/h17-24H,3-14,25-26H2,1-2H3. The molecule has 198 valence electrons. The summed E-state index contributed by atoms with van der Waals surface area (Å²) >= 11 is 0. The third kappa shape index (κ3) is 11.6. The van der Waals surface area contributed by atoms with Crippen LogP contribution in [-0.4, -0.2) is 11.2 Å². The summed E-state index contributed by atoms with van der Waals surface area (Å²) in [6.07, 6.45) is 9.69. The molecular formula is C31H42F3NO. The minimum absolute atomic E-state index is 0.134. The van der Waals surface area contributed by atoms with E-state index in [9.17, 15) is 18.4 Å². The predicted octanol–water partition coefficient (Wildman–Crippen LogP) is 9.40. The highest BCUT2D eigenvalue weighted by atomic mass is 19.4. The summed E-state index contributed by atoms with van der Waals surface area (Å²) in [7, 11) is 0.